The van der Waals surface area contributed by atoms with Gasteiger partial charge in [0, 0.05) is 30.1 Å². The van der Waals surface area contributed by atoms with Crippen molar-refractivity contribution in [2.75, 3.05) is 5.32 Å². The van der Waals surface area contributed by atoms with Gasteiger partial charge < -0.3 is 14.6 Å². The van der Waals surface area contributed by atoms with Gasteiger partial charge in [0.1, 0.15) is 11.5 Å². The van der Waals surface area contributed by atoms with Crippen molar-refractivity contribution in [1.82, 2.24) is 4.90 Å². The molecule has 4 rings (SSSR count). The van der Waals surface area contributed by atoms with Crippen molar-refractivity contribution in [1.29, 1.82) is 0 Å². The lowest BCUT2D eigenvalue weighted by atomic mass is 10.1. The molecule has 0 spiro atoms. The molecule has 2 amide bonds. The fourth-order valence-electron chi connectivity index (χ4n) is 3.56. The Labute approximate surface area is 159 Å². The summed E-state index contributed by atoms with van der Waals surface area (Å²) in [5, 5.41) is 2.80. The normalized spacial score (nSPS) is 21.0. The number of carbonyl (C=O) groups excluding carboxylic acids is 2. The van der Waals surface area contributed by atoms with E-state index in [0.29, 0.717) is 29.6 Å². The van der Waals surface area contributed by atoms with Gasteiger partial charge in [0.15, 0.2) is 0 Å². The van der Waals surface area contributed by atoms with Crippen LogP contribution in [0.1, 0.15) is 66.5 Å². The Morgan fingerprint density at radius 1 is 1.22 bits per heavy atom. The average Bonchev–Trinajstić information content (AvgIpc) is 3.54. The summed E-state index contributed by atoms with van der Waals surface area (Å²) in [6.07, 6.45) is 3.25. The molecule has 2 aromatic rings. The molecule has 2 fully saturated rings. The molecule has 5 nitrogen and oxygen atoms in total. The van der Waals surface area contributed by atoms with Crippen LogP contribution in [-0.2, 0) is 11.3 Å². The molecule has 2 saturated carbocycles. The molecule has 2 atom stereocenters. The van der Waals surface area contributed by atoms with Crippen LogP contribution in [0.3, 0.4) is 0 Å². The highest BCUT2D eigenvalue weighted by molar-refractivity contribution is 5.97. The van der Waals surface area contributed by atoms with Crippen molar-refractivity contribution in [3.8, 4) is 0 Å². The first-order valence-corrected chi connectivity index (χ1v) is 9.70. The van der Waals surface area contributed by atoms with Crippen molar-refractivity contribution in [3.63, 3.8) is 0 Å². The Balaban J connectivity index is 1.53. The van der Waals surface area contributed by atoms with E-state index in [1.54, 1.807) is 6.07 Å². The summed E-state index contributed by atoms with van der Waals surface area (Å²) in [6, 6.07) is 9.81. The highest BCUT2D eigenvalue weighted by Gasteiger charge is 2.37. The molecular formula is C22H26N2O3. The third-order valence-electron chi connectivity index (χ3n) is 5.53. The molecular weight excluding hydrogens is 340 g/mol. The second kappa shape index (κ2) is 6.87. The van der Waals surface area contributed by atoms with E-state index in [9.17, 15) is 9.59 Å². The van der Waals surface area contributed by atoms with Crippen molar-refractivity contribution in [2.45, 2.75) is 58.5 Å². The first-order chi connectivity index (χ1) is 12.9. The van der Waals surface area contributed by atoms with Gasteiger partial charge in [-0.05, 0) is 61.9 Å². The molecule has 142 valence electrons. The molecule has 1 N–H and O–H groups in total. The molecule has 2 aliphatic carbocycles. The van der Waals surface area contributed by atoms with E-state index >= 15 is 0 Å². The number of rotatable bonds is 6. The molecule has 1 aromatic carbocycles. The van der Waals surface area contributed by atoms with Gasteiger partial charge in [0.2, 0.25) is 5.91 Å². The lowest BCUT2D eigenvalue weighted by Gasteiger charge is -2.22. The first-order valence-electron chi connectivity index (χ1n) is 9.70. The standard InChI is InChI=1S/C22H26N2O3/c1-13-4-5-16(11-20(13)23-15(3)25)22(26)24(17-6-7-17)12-18-8-9-21(27-18)19-10-14(19)2/h4-5,8-9,11,14,17,19H,6-7,10,12H2,1-3H3,(H,23,25). The smallest absolute Gasteiger partial charge is 0.254 e. The third kappa shape index (κ3) is 3.92. The molecule has 2 aliphatic rings. The molecule has 5 heteroatoms. The minimum absolute atomic E-state index is 0.0122. The zero-order chi connectivity index (χ0) is 19.1. The SMILES string of the molecule is CC(=O)Nc1cc(C(=O)N(Cc2ccc(C3CC3C)o2)C2CC2)ccc1C. The fraction of sp³-hybridized carbons (Fsp3) is 0.455. The number of nitrogens with zero attached hydrogens (tertiary/aromatic N) is 1. The van der Waals surface area contributed by atoms with E-state index in [0.717, 1.165) is 29.9 Å². The highest BCUT2D eigenvalue weighted by atomic mass is 16.3. The summed E-state index contributed by atoms with van der Waals surface area (Å²) in [7, 11) is 0. The number of carbonyl (C=O) groups is 2. The quantitative estimate of drug-likeness (QED) is 0.820. The van der Waals surface area contributed by atoms with E-state index < -0.39 is 0 Å². The summed E-state index contributed by atoms with van der Waals surface area (Å²) >= 11 is 0. The minimum Gasteiger partial charge on any atom is -0.464 e. The van der Waals surface area contributed by atoms with Gasteiger partial charge in [-0.2, -0.15) is 0 Å². The van der Waals surface area contributed by atoms with Crippen LogP contribution in [0.4, 0.5) is 5.69 Å². The Hall–Kier alpha value is -2.56. The number of furan rings is 1. The van der Waals surface area contributed by atoms with Crippen molar-refractivity contribution >= 4 is 17.5 Å². The maximum absolute atomic E-state index is 13.2. The highest BCUT2D eigenvalue weighted by Crippen LogP contribution is 2.47. The summed E-state index contributed by atoms with van der Waals surface area (Å²) in [5.41, 5.74) is 2.22. The Morgan fingerprint density at radius 3 is 2.59 bits per heavy atom. The summed E-state index contributed by atoms with van der Waals surface area (Å²) < 4.78 is 6.02. The molecule has 0 aliphatic heterocycles. The summed E-state index contributed by atoms with van der Waals surface area (Å²) in [5.74, 6) is 2.98. The third-order valence-corrected chi connectivity index (χ3v) is 5.53. The molecule has 2 unspecified atom stereocenters. The maximum Gasteiger partial charge on any atom is 0.254 e. The molecule has 1 aromatic heterocycles. The van der Waals surface area contributed by atoms with Crippen LogP contribution in [0.2, 0.25) is 0 Å². The van der Waals surface area contributed by atoms with Gasteiger partial charge in [-0.15, -0.1) is 0 Å². The van der Waals surface area contributed by atoms with Gasteiger partial charge in [0.25, 0.3) is 5.91 Å². The Morgan fingerprint density at radius 2 is 1.96 bits per heavy atom. The van der Waals surface area contributed by atoms with Crippen molar-refractivity contribution in [2.24, 2.45) is 5.92 Å². The van der Waals surface area contributed by atoms with Crippen LogP contribution in [0, 0.1) is 12.8 Å². The van der Waals surface area contributed by atoms with Gasteiger partial charge in [-0.3, -0.25) is 9.59 Å². The molecule has 0 radical (unpaired) electrons. The van der Waals surface area contributed by atoms with Crippen molar-refractivity contribution < 1.29 is 14.0 Å². The van der Waals surface area contributed by atoms with Crippen LogP contribution < -0.4 is 5.32 Å². The summed E-state index contributed by atoms with van der Waals surface area (Å²) in [6.45, 7) is 6.12. The first kappa shape index (κ1) is 17.8. The second-order valence-electron chi connectivity index (χ2n) is 8.00. The van der Waals surface area contributed by atoms with Crippen LogP contribution in [0.5, 0.6) is 0 Å². The molecule has 27 heavy (non-hydrogen) atoms. The topological polar surface area (TPSA) is 62.6 Å². The van der Waals surface area contributed by atoms with Crippen LogP contribution in [0.25, 0.3) is 0 Å². The number of aryl methyl sites for hydroxylation is 1. The number of nitrogens with one attached hydrogen (secondary N) is 1. The predicted molar refractivity (Wildman–Crippen MR) is 104 cm³/mol. The zero-order valence-electron chi connectivity index (χ0n) is 16.1. The lowest BCUT2D eigenvalue weighted by Crippen LogP contribution is -2.32. The number of benzene rings is 1. The largest absolute Gasteiger partial charge is 0.464 e. The molecule has 0 bridgehead atoms. The molecule has 0 saturated heterocycles. The Bertz CT molecular complexity index is 881. The summed E-state index contributed by atoms with van der Waals surface area (Å²) in [4.78, 5) is 26.5. The van der Waals surface area contributed by atoms with E-state index in [4.69, 9.17) is 4.42 Å². The maximum atomic E-state index is 13.2. The van der Waals surface area contributed by atoms with Gasteiger partial charge in [-0.25, -0.2) is 0 Å². The second-order valence-corrected chi connectivity index (χ2v) is 8.00. The van der Waals surface area contributed by atoms with Gasteiger partial charge >= 0.3 is 0 Å². The fourth-order valence-corrected chi connectivity index (χ4v) is 3.56. The van der Waals surface area contributed by atoms with Crippen LogP contribution in [-0.4, -0.2) is 22.8 Å². The van der Waals surface area contributed by atoms with E-state index in [1.165, 1.54) is 13.3 Å². The minimum atomic E-state index is -0.140. The molecule has 1 heterocycles. The number of hydrogen-bond donors (Lipinski definition) is 1. The van der Waals surface area contributed by atoms with E-state index in [1.807, 2.05) is 30.0 Å². The van der Waals surface area contributed by atoms with E-state index in [-0.39, 0.29) is 17.9 Å². The average molecular weight is 366 g/mol. The van der Waals surface area contributed by atoms with Crippen LogP contribution >= 0.6 is 0 Å². The zero-order valence-corrected chi connectivity index (χ0v) is 16.1. The van der Waals surface area contributed by atoms with Gasteiger partial charge in [0.05, 0.1) is 6.54 Å². The van der Waals surface area contributed by atoms with Gasteiger partial charge in [-0.1, -0.05) is 13.0 Å². The monoisotopic (exact) mass is 366 g/mol. The number of anilines is 1. The van der Waals surface area contributed by atoms with Crippen LogP contribution in [0.15, 0.2) is 34.7 Å². The van der Waals surface area contributed by atoms with Crippen molar-refractivity contribution in [3.05, 3.63) is 53.0 Å². The Kier molecular flexibility index (Phi) is 4.54. The number of hydrogen-bond acceptors (Lipinski definition) is 3. The van der Waals surface area contributed by atoms with E-state index in [2.05, 4.69) is 18.3 Å². The number of amides is 2. The predicted octanol–water partition coefficient (Wildman–Crippen LogP) is 4.47. The lowest BCUT2D eigenvalue weighted by molar-refractivity contribution is -0.114.